The number of anilines is 1. The second-order valence-corrected chi connectivity index (χ2v) is 7.32. The molecule has 0 bridgehead atoms. The third-order valence-corrected chi connectivity index (χ3v) is 5.10. The van der Waals surface area contributed by atoms with Crippen LogP contribution in [0.3, 0.4) is 0 Å². The van der Waals surface area contributed by atoms with E-state index in [-0.39, 0.29) is 18.7 Å². The van der Waals surface area contributed by atoms with Crippen LogP contribution in [-0.2, 0) is 9.59 Å². The van der Waals surface area contributed by atoms with Crippen LogP contribution in [-0.4, -0.2) is 28.7 Å². The summed E-state index contributed by atoms with van der Waals surface area (Å²) in [6.45, 7) is 4.06. The van der Waals surface area contributed by atoms with E-state index in [1.807, 2.05) is 50.2 Å². The molecule has 0 fully saturated rings. The van der Waals surface area contributed by atoms with Gasteiger partial charge in [-0.1, -0.05) is 18.2 Å². The fourth-order valence-corrected chi connectivity index (χ4v) is 3.63. The SMILES string of the molecule is COc1ccc(C(CC(=O)O)CC(=O)Nc2cccc(-n3c(C)ccc3C)c2)cc1. The number of methoxy groups -OCH3 is 1. The number of aromatic nitrogens is 1. The first kappa shape index (κ1) is 21.2. The largest absolute Gasteiger partial charge is 0.497 e. The molecule has 0 saturated heterocycles. The molecular formula is C24H26N2O4. The number of hydrogen-bond acceptors (Lipinski definition) is 3. The van der Waals surface area contributed by atoms with E-state index in [0.717, 1.165) is 22.6 Å². The lowest BCUT2D eigenvalue weighted by molar-refractivity contribution is -0.137. The van der Waals surface area contributed by atoms with Crippen LogP contribution < -0.4 is 10.1 Å². The molecule has 0 spiro atoms. The van der Waals surface area contributed by atoms with Crippen molar-refractivity contribution in [3.63, 3.8) is 0 Å². The number of aliphatic carboxylic acids is 1. The summed E-state index contributed by atoms with van der Waals surface area (Å²) in [6, 6.07) is 18.9. The summed E-state index contributed by atoms with van der Waals surface area (Å²) in [5.74, 6) is -0.908. The Bertz CT molecular complexity index is 1020. The van der Waals surface area contributed by atoms with E-state index in [0.29, 0.717) is 11.4 Å². The van der Waals surface area contributed by atoms with Gasteiger partial charge in [0.1, 0.15) is 5.75 Å². The molecule has 1 aromatic heterocycles. The van der Waals surface area contributed by atoms with E-state index in [4.69, 9.17) is 4.74 Å². The molecule has 0 saturated carbocycles. The molecule has 30 heavy (non-hydrogen) atoms. The minimum absolute atomic E-state index is 0.0738. The smallest absolute Gasteiger partial charge is 0.303 e. The summed E-state index contributed by atoms with van der Waals surface area (Å²) in [7, 11) is 1.57. The van der Waals surface area contributed by atoms with Crippen molar-refractivity contribution in [2.24, 2.45) is 0 Å². The van der Waals surface area contributed by atoms with Crippen molar-refractivity contribution in [2.45, 2.75) is 32.6 Å². The third-order valence-electron chi connectivity index (χ3n) is 5.10. The van der Waals surface area contributed by atoms with Gasteiger partial charge in [-0.15, -0.1) is 0 Å². The van der Waals surface area contributed by atoms with Gasteiger partial charge in [0, 0.05) is 35.1 Å². The zero-order valence-corrected chi connectivity index (χ0v) is 17.4. The third kappa shape index (κ3) is 5.08. The molecule has 0 aliphatic carbocycles. The first-order valence-electron chi connectivity index (χ1n) is 9.78. The van der Waals surface area contributed by atoms with Crippen LogP contribution >= 0.6 is 0 Å². The van der Waals surface area contributed by atoms with Gasteiger partial charge in [-0.05, 0) is 61.9 Å². The Morgan fingerprint density at radius 3 is 2.27 bits per heavy atom. The number of rotatable bonds is 8. The van der Waals surface area contributed by atoms with Crippen LogP contribution in [0.2, 0.25) is 0 Å². The molecule has 0 radical (unpaired) electrons. The normalized spacial score (nSPS) is 11.7. The Morgan fingerprint density at radius 1 is 1.00 bits per heavy atom. The van der Waals surface area contributed by atoms with Crippen molar-refractivity contribution >= 4 is 17.6 Å². The number of aryl methyl sites for hydroxylation is 2. The average molecular weight is 406 g/mol. The number of amides is 1. The number of carbonyl (C=O) groups is 2. The number of ether oxygens (including phenoxy) is 1. The van der Waals surface area contributed by atoms with Gasteiger partial charge in [-0.3, -0.25) is 9.59 Å². The molecule has 2 aromatic carbocycles. The maximum atomic E-state index is 12.7. The van der Waals surface area contributed by atoms with Crippen LogP contribution in [0.25, 0.3) is 5.69 Å². The number of carbonyl (C=O) groups excluding carboxylic acids is 1. The summed E-state index contributed by atoms with van der Waals surface area (Å²) in [6.07, 6.45) is -0.0496. The van der Waals surface area contributed by atoms with E-state index in [2.05, 4.69) is 9.88 Å². The number of carboxylic acids is 1. The van der Waals surface area contributed by atoms with Crippen LogP contribution in [0.5, 0.6) is 5.75 Å². The quantitative estimate of drug-likeness (QED) is 0.569. The van der Waals surface area contributed by atoms with Crippen molar-refractivity contribution < 1.29 is 19.4 Å². The molecule has 3 aromatic rings. The molecule has 1 unspecified atom stereocenters. The van der Waals surface area contributed by atoms with E-state index in [1.54, 1.807) is 31.4 Å². The number of hydrogen-bond donors (Lipinski definition) is 2. The second-order valence-electron chi connectivity index (χ2n) is 7.32. The molecule has 0 aliphatic rings. The minimum Gasteiger partial charge on any atom is -0.497 e. The Labute approximate surface area is 176 Å². The van der Waals surface area contributed by atoms with Crippen molar-refractivity contribution in [3.8, 4) is 11.4 Å². The molecule has 156 valence electrons. The van der Waals surface area contributed by atoms with Gasteiger partial charge in [-0.25, -0.2) is 0 Å². The second kappa shape index (κ2) is 9.31. The van der Waals surface area contributed by atoms with E-state index in [9.17, 15) is 14.7 Å². The first-order chi connectivity index (χ1) is 14.4. The van der Waals surface area contributed by atoms with Gasteiger partial charge in [-0.2, -0.15) is 0 Å². The van der Waals surface area contributed by atoms with Crippen molar-refractivity contribution in [2.75, 3.05) is 12.4 Å². The highest BCUT2D eigenvalue weighted by atomic mass is 16.5. The van der Waals surface area contributed by atoms with E-state index in [1.165, 1.54) is 0 Å². The Morgan fingerprint density at radius 2 is 1.67 bits per heavy atom. The van der Waals surface area contributed by atoms with Gasteiger partial charge in [0.15, 0.2) is 0 Å². The van der Waals surface area contributed by atoms with Gasteiger partial charge >= 0.3 is 5.97 Å². The summed E-state index contributed by atoms with van der Waals surface area (Å²) < 4.78 is 7.26. The van der Waals surface area contributed by atoms with Gasteiger partial charge in [0.25, 0.3) is 0 Å². The van der Waals surface area contributed by atoms with Crippen LogP contribution in [0, 0.1) is 13.8 Å². The maximum Gasteiger partial charge on any atom is 0.303 e. The predicted octanol–water partition coefficient (Wildman–Crippen LogP) is 4.69. The minimum atomic E-state index is -0.941. The Kier molecular flexibility index (Phi) is 6.57. The lowest BCUT2D eigenvalue weighted by Gasteiger charge is -2.16. The molecule has 1 atom stereocenters. The Hall–Kier alpha value is -3.54. The fraction of sp³-hybridized carbons (Fsp3) is 0.250. The monoisotopic (exact) mass is 406 g/mol. The molecule has 6 heteroatoms. The lowest BCUT2D eigenvalue weighted by atomic mass is 9.92. The van der Waals surface area contributed by atoms with Crippen LogP contribution in [0.4, 0.5) is 5.69 Å². The Balaban J connectivity index is 1.75. The molecule has 3 rings (SSSR count). The van der Waals surface area contributed by atoms with Crippen LogP contribution in [0.15, 0.2) is 60.7 Å². The highest BCUT2D eigenvalue weighted by Crippen LogP contribution is 2.27. The molecule has 0 aliphatic heterocycles. The summed E-state index contributed by atoms with van der Waals surface area (Å²) in [4.78, 5) is 24.0. The number of nitrogens with zero attached hydrogens (tertiary/aromatic N) is 1. The first-order valence-corrected chi connectivity index (χ1v) is 9.78. The lowest BCUT2D eigenvalue weighted by Crippen LogP contribution is -2.18. The van der Waals surface area contributed by atoms with Crippen molar-refractivity contribution in [3.05, 3.63) is 77.6 Å². The number of benzene rings is 2. The summed E-state index contributed by atoms with van der Waals surface area (Å²) in [5, 5.41) is 12.2. The van der Waals surface area contributed by atoms with Crippen molar-refractivity contribution in [1.82, 2.24) is 4.57 Å². The highest BCUT2D eigenvalue weighted by Gasteiger charge is 2.20. The zero-order valence-electron chi connectivity index (χ0n) is 17.4. The van der Waals surface area contributed by atoms with Gasteiger partial charge in [0.2, 0.25) is 5.91 Å². The van der Waals surface area contributed by atoms with E-state index < -0.39 is 11.9 Å². The van der Waals surface area contributed by atoms with E-state index >= 15 is 0 Å². The summed E-state index contributed by atoms with van der Waals surface area (Å²) in [5.41, 5.74) is 4.65. The molecule has 1 amide bonds. The number of carboxylic acid groups (broad SMARTS) is 1. The zero-order chi connectivity index (χ0) is 21.7. The predicted molar refractivity (Wildman–Crippen MR) is 116 cm³/mol. The number of nitrogens with one attached hydrogen (secondary N) is 1. The summed E-state index contributed by atoms with van der Waals surface area (Å²) >= 11 is 0. The van der Waals surface area contributed by atoms with Gasteiger partial charge < -0.3 is 19.7 Å². The standard InChI is InChI=1S/C24H26N2O4/c1-16-7-8-17(2)26(16)21-6-4-5-20(15-21)25-23(27)13-19(14-24(28)29)18-9-11-22(30-3)12-10-18/h4-12,15,19H,13-14H2,1-3H3,(H,25,27)(H,28,29). The molecule has 2 N–H and O–H groups in total. The van der Waals surface area contributed by atoms with Gasteiger partial charge in [0.05, 0.1) is 13.5 Å². The maximum absolute atomic E-state index is 12.7. The topological polar surface area (TPSA) is 80.6 Å². The fourth-order valence-electron chi connectivity index (χ4n) is 3.63. The molecule has 6 nitrogen and oxygen atoms in total. The van der Waals surface area contributed by atoms with Crippen LogP contribution in [0.1, 0.15) is 35.7 Å². The average Bonchev–Trinajstić information content (AvgIpc) is 3.05. The molecule has 1 heterocycles. The molecular weight excluding hydrogens is 380 g/mol. The van der Waals surface area contributed by atoms with Crippen molar-refractivity contribution in [1.29, 1.82) is 0 Å². The highest BCUT2D eigenvalue weighted by molar-refractivity contribution is 5.92.